The lowest BCUT2D eigenvalue weighted by atomic mass is 10.2. The molecule has 0 unspecified atom stereocenters. The van der Waals surface area contributed by atoms with Crippen molar-refractivity contribution in [2.24, 2.45) is 0 Å². The predicted octanol–water partition coefficient (Wildman–Crippen LogP) is 3.28. The topological polar surface area (TPSA) is 112 Å². The van der Waals surface area contributed by atoms with Crippen LogP contribution in [0, 0.1) is 13.8 Å². The lowest BCUT2D eigenvalue weighted by molar-refractivity contribution is -0.118. The van der Waals surface area contributed by atoms with Gasteiger partial charge in [0.1, 0.15) is 18.1 Å². The zero-order valence-corrected chi connectivity index (χ0v) is 18.0. The maximum absolute atomic E-state index is 12.7. The van der Waals surface area contributed by atoms with E-state index in [9.17, 15) is 14.4 Å². The quantitative estimate of drug-likeness (QED) is 0.433. The number of aromatic nitrogens is 2. The molecule has 4 rings (SSSR count). The number of carbonyl (C=O) groups is 2. The number of aryl methyl sites for hydroxylation is 2. The molecule has 9 nitrogen and oxygen atoms in total. The number of benzene rings is 2. The lowest BCUT2D eigenvalue weighted by Gasteiger charge is -2.12. The highest BCUT2D eigenvalue weighted by Crippen LogP contribution is 2.19. The zero-order valence-electron chi connectivity index (χ0n) is 18.0. The highest BCUT2D eigenvalue weighted by Gasteiger charge is 2.16. The summed E-state index contributed by atoms with van der Waals surface area (Å²) in [6.07, 6.45) is 0. The second kappa shape index (κ2) is 9.39. The van der Waals surface area contributed by atoms with E-state index in [4.69, 9.17) is 14.0 Å². The van der Waals surface area contributed by atoms with Crippen LogP contribution in [0.3, 0.4) is 0 Å². The van der Waals surface area contributed by atoms with E-state index in [0.717, 1.165) is 10.1 Å². The molecule has 33 heavy (non-hydrogen) atoms. The van der Waals surface area contributed by atoms with Gasteiger partial charge in [-0.05, 0) is 37.6 Å². The average molecular weight is 447 g/mol. The molecule has 0 atom stereocenters. The fourth-order valence-electron chi connectivity index (χ4n) is 3.18. The smallest absolute Gasteiger partial charge is 0.340 e. The van der Waals surface area contributed by atoms with Gasteiger partial charge in [0.15, 0.2) is 12.3 Å². The van der Waals surface area contributed by atoms with Gasteiger partial charge in [-0.25, -0.2) is 9.78 Å². The number of amides is 1. The highest BCUT2D eigenvalue weighted by molar-refractivity contribution is 6.01. The van der Waals surface area contributed by atoms with Crippen molar-refractivity contribution in [3.05, 3.63) is 93.6 Å². The predicted molar refractivity (Wildman–Crippen MR) is 119 cm³/mol. The van der Waals surface area contributed by atoms with E-state index in [-0.39, 0.29) is 30.2 Å². The van der Waals surface area contributed by atoms with Crippen molar-refractivity contribution in [2.45, 2.75) is 20.5 Å². The third-order valence-electron chi connectivity index (χ3n) is 4.75. The fourth-order valence-corrected chi connectivity index (χ4v) is 3.18. The maximum Gasteiger partial charge on any atom is 0.340 e. The van der Waals surface area contributed by atoms with Crippen molar-refractivity contribution in [2.75, 3.05) is 11.9 Å². The van der Waals surface area contributed by atoms with Gasteiger partial charge in [-0.3, -0.25) is 9.59 Å². The number of esters is 1. The third kappa shape index (κ3) is 5.09. The summed E-state index contributed by atoms with van der Waals surface area (Å²) in [7, 11) is 0. The molecule has 0 saturated heterocycles. The van der Waals surface area contributed by atoms with Gasteiger partial charge in [0, 0.05) is 12.1 Å². The molecular formula is C24H21N3O6. The normalized spacial score (nSPS) is 10.7. The minimum atomic E-state index is -0.670. The Bertz CT molecular complexity index is 1390. The Morgan fingerprint density at radius 1 is 1.06 bits per heavy atom. The molecule has 4 aromatic rings. The first-order valence-electron chi connectivity index (χ1n) is 10.1. The Labute approximate surface area is 188 Å². The van der Waals surface area contributed by atoms with Crippen molar-refractivity contribution in [1.82, 2.24) is 9.56 Å². The summed E-state index contributed by atoms with van der Waals surface area (Å²) in [4.78, 5) is 41.4. The van der Waals surface area contributed by atoms with E-state index >= 15 is 0 Å². The number of nitrogens with zero attached hydrogens (tertiary/aromatic N) is 2. The lowest BCUT2D eigenvalue weighted by Crippen LogP contribution is -2.22. The van der Waals surface area contributed by atoms with Gasteiger partial charge >= 0.3 is 5.97 Å². The molecule has 0 aliphatic carbocycles. The van der Waals surface area contributed by atoms with Gasteiger partial charge in [0.2, 0.25) is 0 Å². The molecule has 0 radical (unpaired) electrons. The number of fused-ring (bicyclic) bond motifs is 1. The monoisotopic (exact) mass is 447 g/mol. The minimum Gasteiger partial charge on any atom is -0.483 e. The van der Waals surface area contributed by atoms with Crippen LogP contribution in [0.5, 0.6) is 5.75 Å². The molecule has 0 fully saturated rings. The van der Waals surface area contributed by atoms with Crippen molar-refractivity contribution in [3.8, 4) is 5.75 Å². The van der Waals surface area contributed by atoms with E-state index in [1.54, 1.807) is 37.3 Å². The van der Waals surface area contributed by atoms with Crippen LogP contribution in [-0.2, 0) is 16.1 Å². The van der Waals surface area contributed by atoms with Crippen LogP contribution in [0.1, 0.15) is 27.4 Å². The summed E-state index contributed by atoms with van der Waals surface area (Å²) in [5.74, 6) is 0.0448. The van der Waals surface area contributed by atoms with Crippen molar-refractivity contribution in [1.29, 1.82) is 0 Å². The third-order valence-corrected chi connectivity index (χ3v) is 4.75. The number of para-hydroxylation sites is 2. The molecule has 168 valence electrons. The van der Waals surface area contributed by atoms with E-state index in [1.807, 2.05) is 25.1 Å². The average Bonchev–Trinajstić information content (AvgIpc) is 3.18. The number of nitrogens with one attached hydrogen (secondary N) is 1. The van der Waals surface area contributed by atoms with Gasteiger partial charge in [-0.1, -0.05) is 30.3 Å². The molecule has 0 spiro atoms. The van der Waals surface area contributed by atoms with E-state index in [1.165, 1.54) is 12.1 Å². The van der Waals surface area contributed by atoms with Crippen LogP contribution in [0.25, 0.3) is 5.65 Å². The molecule has 0 bridgehead atoms. The fraction of sp³-hybridized carbons (Fsp3) is 0.167. The zero-order chi connectivity index (χ0) is 23.4. The Balaban J connectivity index is 1.41. The summed E-state index contributed by atoms with van der Waals surface area (Å²) >= 11 is 0. The highest BCUT2D eigenvalue weighted by atomic mass is 16.5. The molecular weight excluding hydrogens is 426 g/mol. The Kier molecular flexibility index (Phi) is 6.21. The van der Waals surface area contributed by atoms with Gasteiger partial charge < -0.3 is 19.3 Å². The SMILES string of the molecule is Cc1cc2nc(COC(=O)c3ccccc3NC(=O)COc3ccccc3C)cc(=O)n2o1. The van der Waals surface area contributed by atoms with E-state index in [0.29, 0.717) is 17.2 Å². The van der Waals surface area contributed by atoms with Gasteiger partial charge in [-0.2, -0.15) is 0 Å². The number of hydrogen-bond acceptors (Lipinski definition) is 7. The summed E-state index contributed by atoms with van der Waals surface area (Å²) < 4.78 is 17.2. The van der Waals surface area contributed by atoms with Crippen LogP contribution in [-0.4, -0.2) is 28.0 Å². The Morgan fingerprint density at radius 2 is 1.82 bits per heavy atom. The number of ether oxygens (including phenoxy) is 2. The van der Waals surface area contributed by atoms with Gasteiger partial charge in [0.05, 0.1) is 16.9 Å². The van der Waals surface area contributed by atoms with Crippen LogP contribution in [0.2, 0.25) is 0 Å². The number of anilines is 1. The van der Waals surface area contributed by atoms with Gasteiger partial charge in [0.25, 0.3) is 11.5 Å². The van der Waals surface area contributed by atoms with Crippen molar-refractivity contribution in [3.63, 3.8) is 0 Å². The summed E-state index contributed by atoms with van der Waals surface area (Å²) in [5, 5.41) is 2.67. The van der Waals surface area contributed by atoms with Crippen LogP contribution < -0.4 is 15.6 Å². The van der Waals surface area contributed by atoms with Crippen LogP contribution in [0.4, 0.5) is 5.69 Å². The Hall–Kier alpha value is -4.40. The molecule has 2 heterocycles. The molecule has 0 aliphatic rings. The largest absolute Gasteiger partial charge is 0.483 e. The molecule has 1 N–H and O–H groups in total. The van der Waals surface area contributed by atoms with E-state index in [2.05, 4.69) is 10.3 Å². The summed E-state index contributed by atoms with van der Waals surface area (Å²) in [6, 6.07) is 16.7. The Morgan fingerprint density at radius 3 is 2.64 bits per heavy atom. The molecule has 1 amide bonds. The molecule has 2 aromatic carbocycles. The second-order valence-electron chi connectivity index (χ2n) is 7.31. The molecule has 9 heteroatoms. The van der Waals surface area contributed by atoms with Crippen LogP contribution in [0.15, 0.2) is 70.0 Å². The number of hydrogen-bond donors (Lipinski definition) is 1. The summed E-state index contributed by atoms with van der Waals surface area (Å²) in [6.45, 7) is 3.15. The van der Waals surface area contributed by atoms with Crippen molar-refractivity contribution < 1.29 is 23.6 Å². The standard InChI is InChI=1S/C24H21N3O6/c1-15-7-3-6-10-20(15)31-14-22(28)26-19-9-5-4-8-18(19)24(30)32-13-17-12-23(29)27-21(25-17)11-16(2)33-27/h3-12H,13-14H2,1-2H3,(H,26,28). The van der Waals surface area contributed by atoms with E-state index < -0.39 is 17.4 Å². The van der Waals surface area contributed by atoms with Crippen molar-refractivity contribution >= 4 is 23.2 Å². The molecule has 2 aromatic heterocycles. The minimum absolute atomic E-state index is 0.165. The number of rotatable bonds is 7. The first-order valence-corrected chi connectivity index (χ1v) is 10.1. The first-order chi connectivity index (χ1) is 15.9. The van der Waals surface area contributed by atoms with Gasteiger partial charge in [-0.15, -0.1) is 4.57 Å². The molecule has 0 saturated carbocycles. The second-order valence-corrected chi connectivity index (χ2v) is 7.31. The summed E-state index contributed by atoms with van der Waals surface area (Å²) in [5.41, 5.74) is 1.55. The first kappa shape index (κ1) is 21.8. The van der Waals surface area contributed by atoms with Crippen LogP contribution >= 0.6 is 0 Å². The number of carbonyl (C=O) groups excluding carboxylic acids is 2. The molecule has 0 aliphatic heterocycles. The maximum atomic E-state index is 12.7.